The second-order valence-corrected chi connectivity index (χ2v) is 6.68. The van der Waals surface area contributed by atoms with Crippen molar-refractivity contribution in [3.8, 4) is 0 Å². The summed E-state index contributed by atoms with van der Waals surface area (Å²) in [4.78, 5) is 2.40. The van der Waals surface area contributed by atoms with Crippen LogP contribution >= 0.6 is 0 Å². The fourth-order valence-electron chi connectivity index (χ4n) is 3.11. The molecule has 0 aliphatic carbocycles. The van der Waals surface area contributed by atoms with Crippen molar-refractivity contribution in [2.75, 3.05) is 19.6 Å². The molecule has 2 nitrogen and oxygen atoms in total. The smallest absolute Gasteiger partial charge is 0.0916 e. The number of rotatable bonds is 6. The molecule has 2 unspecified atom stereocenters. The Balaban J connectivity index is 1.87. The van der Waals surface area contributed by atoms with Gasteiger partial charge in [-0.3, -0.25) is 0 Å². The fourth-order valence-corrected chi connectivity index (χ4v) is 3.11. The fraction of sp³-hybridized carbons (Fsp3) is 0.667. The molecule has 1 fully saturated rings. The summed E-state index contributed by atoms with van der Waals surface area (Å²) < 4.78 is 0. The molecule has 0 saturated carbocycles. The Morgan fingerprint density at radius 2 is 1.95 bits per heavy atom. The van der Waals surface area contributed by atoms with Gasteiger partial charge in [0.05, 0.1) is 6.10 Å². The zero-order valence-electron chi connectivity index (χ0n) is 13.2. The molecule has 112 valence electrons. The standard InChI is InChI=1S/C18H29NO/c1-4-15-9-10-19(12-15)13-18(20)17-7-5-16(6-8-17)11-14(2)3/h5-8,14-15,18,20H,4,9-13H2,1-3H3. The monoisotopic (exact) mass is 275 g/mol. The lowest BCUT2D eigenvalue weighted by Gasteiger charge is -2.20. The predicted molar refractivity (Wildman–Crippen MR) is 84.8 cm³/mol. The molecular formula is C18H29NO. The number of aliphatic hydroxyl groups excluding tert-OH is 1. The van der Waals surface area contributed by atoms with E-state index in [0.717, 1.165) is 37.5 Å². The summed E-state index contributed by atoms with van der Waals surface area (Å²) in [5.41, 5.74) is 2.42. The van der Waals surface area contributed by atoms with Gasteiger partial charge in [0.25, 0.3) is 0 Å². The lowest BCUT2D eigenvalue weighted by Crippen LogP contribution is -2.26. The first-order chi connectivity index (χ1) is 9.58. The third kappa shape index (κ3) is 4.32. The molecule has 2 heteroatoms. The third-order valence-corrected chi connectivity index (χ3v) is 4.39. The van der Waals surface area contributed by atoms with Gasteiger partial charge in [-0.1, -0.05) is 51.5 Å². The van der Waals surface area contributed by atoms with Gasteiger partial charge in [-0.2, -0.15) is 0 Å². The van der Waals surface area contributed by atoms with Crippen LogP contribution in [-0.2, 0) is 6.42 Å². The van der Waals surface area contributed by atoms with E-state index < -0.39 is 0 Å². The molecule has 1 aliphatic rings. The summed E-state index contributed by atoms with van der Waals surface area (Å²) >= 11 is 0. The zero-order valence-corrected chi connectivity index (χ0v) is 13.2. The van der Waals surface area contributed by atoms with Crippen molar-refractivity contribution >= 4 is 0 Å². The molecule has 1 N–H and O–H groups in total. The van der Waals surface area contributed by atoms with Crippen molar-refractivity contribution in [1.82, 2.24) is 4.90 Å². The molecule has 0 spiro atoms. The lowest BCUT2D eigenvalue weighted by molar-refractivity contribution is 0.124. The lowest BCUT2D eigenvalue weighted by atomic mass is 10.00. The minimum Gasteiger partial charge on any atom is -0.387 e. The number of nitrogens with zero attached hydrogens (tertiary/aromatic N) is 1. The average molecular weight is 275 g/mol. The predicted octanol–water partition coefficient (Wildman–Crippen LogP) is 3.65. The number of hydrogen-bond acceptors (Lipinski definition) is 2. The van der Waals surface area contributed by atoms with Gasteiger partial charge in [0.2, 0.25) is 0 Å². The van der Waals surface area contributed by atoms with Crippen LogP contribution in [0.2, 0.25) is 0 Å². The summed E-state index contributed by atoms with van der Waals surface area (Å²) in [6, 6.07) is 8.51. The molecule has 1 aromatic carbocycles. The van der Waals surface area contributed by atoms with E-state index in [9.17, 15) is 5.11 Å². The third-order valence-electron chi connectivity index (χ3n) is 4.39. The van der Waals surface area contributed by atoms with Crippen LogP contribution in [0, 0.1) is 11.8 Å². The van der Waals surface area contributed by atoms with Crippen molar-refractivity contribution < 1.29 is 5.11 Å². The highest BCUT2D eigenvalue weighted by atomic mass is 16.3. The minimum absolute atomic E-state index is 0.348. The number of hydrogen-bond donors (Lipinski definition) is 1. The molecule has 20 heavy (non-hydrogen) atoms. The van der Waals surface area contributed by atoms with Crippen LogP contribution in [-0.4, -0.2) is 29.6 Å². The summed E-state index contributed by atoms with van der Waals surface area (Å²) in [6.45, 7) is 9.80. The Hall–Kier alpha value is -0.860. The minimum atomic E-state index is -0.348. The van der Waals surface area contributed by atoms with Crippen LogP contribution in [0.25, 0.3) is 0 Å². The second kappa shape index (κ2) is 7.24. The molecule has 1 aliphatic heterocycles. The number of benzene rings is 1. The Morgan fingerprint density at radius 1 is 1.25 bits per heavy atom. The van der Waals surface area contributed by atoms with Gasteiger partial charge in [-0.15, -0.1) is 0 Å². The summed E-state index contributed by atoms with van der Waals surface area (Å²) in [5, 5.41) is 10.4. The quantitative estimate of drug-likeness (QED) is 0.856. The molecular weight excluding hydrogens is 246 g/mol. The van der Waals surface area contributed by atoms with E-state index >= 15 is 0 Å². The van der Waals surface area contributed by atoms with Crippen LogP contribution < -0.4 is 0 Å². The molecule has 2 rings (SSSR count). The van der Waals surface area contributed by atoms with Crippen molar-refractivity contribution in [3.63, 3.8) is 0 Å². The second-order valence-electron chi connectivity index (χ2n) is 6.68. The average Bonchev–Trinajstić information content (AvgIpc) is 2.86. The first-order valence-electron chi connectivity index (χ1n) is 8.07. The van der Waals surface area contributed by atoms with Crippen molar-refractivity contribution in [2.24, 2.45) is 11.8 Å². The summed E-state index contributed by atoms with van der Waals surface area (Å²) in [7, 11) is 0. The van der Waals surface area contributed by atoms with Crippen LogP contribution in [0.1, 0.15) is 50.8 Å². The van der Waals surface area contributed by atoms with E-state index in [0.29, 0.717) is 5.92 Å². The molecule has 0 bridgehead atoms. The molecule has 2 atom stereocenters. The van der Waals surface area contributed by atoms with Gasteiger partial charge in [0.15, 0.2) is 0 Å². The van der Waals surface area contributed by atoms with Gasteiger partial charge >= 0.3 is 0 Å². The first-order valence-corrected chi connectivity index (χ1v) is 8.07. The van der Waals surface area contributed by atoms with Gasteiger partial charge in [-0.05, 0) is 42.3 Å². The van der Waals surface area contributed by atoms with Crippen molar-refractivity contribution in [2.45, 2.75) is 46.1 Å². The Morgan fingerprint density at radius 3 is 2.50 bits per heavy atom. The van der Waals surface area contributed by atoms with Gasteiger partial charge in [0, 0.05) is 13.1 Å². The molecule has 0 amide bonds. The molecule has 1 aromatic rings. The van der Waals surface area contributed by atoms with Crippen molar-refractivity contribution in [1.29, 1.82) is 0 Å². The van der Waals surface area contributed by atoms with Crippen LogP contribution in [0.3, 0.4) is 0 Å². The van der Waals surface area contributed by atoms with Crippen LogP contribution in [0.15, 0.2) is 24.3 Å². The Bertz CT molecular complexity index is 398. The molecule has 1 heterocycles. The molecule has 0 aromatic heterocycles. The van der Waals surface area contributed by atoms with E-state index in [1.165, 1.54) is 18.4 Å². The maximum atomic E-state index is 10.4. The first kappa shape index (κ1) is 15.5. The zero-order chi connectivity index (χ0) is 14.5. The summed E-state index contributed by atoms with van der Waals surface area (Å²) in [5.74, 6) is 1.51. The van der Waals surface area contributed by atoms with E-state index in [-0.39, 0.29) is 6.10 Å². The number of β-amino-alcohol motifs (C(OH)–C–C–N with tert-alkyl or cyclic N) is 1. The maximum absolute atomic E-state index is 10.4. The highest BCUT2D eigenvalue weighted by Gasteiger charge is 2.23. The number of aliphatic hydroxyl groups is 1. The van der Waals surface area contributed by atoms with E-state index in [2.05, 4.69) is 49.9 Å². The molecule has 1 saturated heterocycles. The highest BCUT2D eigenvalue weighted by Crippen LogP contribution is 2.23. The Kier molecular flexibility index (Phi) is 5.62. The van der Waals surface area contributed by atoms with Gasteiger partial charge in [0.1, 0.15) is 0 Å². The Labute approximate surface area is 123 Å². The summed E-state index contributed by atoms with van der Waals surface area (Å²) in [6.07, 6.45) is 3.31. The highest BCUT2D eigenvalue weighted by molar-refractivity contribution is 5.24. The van der Waals surface area contributed by atoms with E-state index in [4.69, 9.17) is 0 Å². The normalized spacial score (nSPS) is 21.6. The molecule has 0 radical (unpaired) electrons. The van der Waals surface area contributed by atoms with E-state index in [1.54, 1.807) is 0 Å². The largest absolute Gasteiger partial charge is 0.387 e. The SMILES string of the molecule is CCC1CCN(CC(O)c2ccc(CC(C)C)cc2)C1. The van der Waals surface area contributed by atoms with Crippen LogP contribution in [0.5, 0.6) is 0 Å². The van der Waals surface area contributed by atoms with Crippen molar-refractivity contribution in [3.05, 3.63) is 35.4 Å². The maximum Gasteiger partial charge on any atom is 0.0916 e. The number of likely N-dealkylation sites (tertiary alicyclic amines) is 1. The van der Waals surface area contributed by atoms with Crippen LogP contribution in [0.4, 0.5) is 0 Å². The van der Waals surface area contributed by atoms with Gasteiger partial charge in [-0.25, -0.2) is 0 Å². The van der Waals surface area contributed by atoms with Gasteiger partial charge < -0.3 is 10.0 Å². The topological polar surface area (TPSA) is 23.5 Å². The van der Waals surface area contributed by atoms with E-state index in [1.807, 2.05) is 0 Å².